The summed E-state index contributed by atoms with van der Waals surface area (Å²) < 4.78 is 0. The number of aromatic hydroxyl groups is 1. The van der Waals surface area contributed by atoms with Crippen LogP contribution in [0.5, 0.6) is 5.75 Å². The van der Waals surface area contributed by atoms with Gasteiger partial charge in [-0.1, -0.05) is 24.3 Å². The standard InChI is InChI=1S/C18H13N3O5/c22-16-6-2-3-13-14(16)4-1-5-15(13)20-18(24)17(23)19-11-7-9-12(10-8-11)21(25)26/h1-10,22H,(H,19,23)(H,20,24). The van der Waals surface area contributed by atoms with Crippen molar-refractivity contribution in [1.82, 2.24) is 0 Å². The molecule has 0 atom stereocenters. The minimum Gasteiger partial charge on any atom is -0.507 e. The van der Waals surface area contributed by atoms with E-state index in [0.29, 0.717) is 16.5 Å². The van der Waals surface area contributed by atoms with Gasteiger partial charge in [-0.3, -0.25) is 19.7 Å². The normalized spacial score (nSPS) is 10.3. The van der Waals surface area contributed by atoms with E-state index >= 15 is 0 Å². The van der Waals surface area contributed by atoms with E-state index in [1.165, 1.54) is 30.3 Å². The van der Waals surface area contributed by atoms with Gasteiger partial charge in [0, 0.05) is 34.3 Å². The number of non-ortho nitro benzene ring substituents is 1. The van der Waals surface area contributed by atoms with Crippen LogP contribution in [0.3, 0.4) is 0 Å². The van der Waals surface area contributed by atoms with Gasteiger partial charge in [0.25, 0.3) is 5.69 Å². The van der Waals surface area contributed by atoms with Crippen LogP contribution in [0.2, 0.25) is 0 Å². The van der Waals surface area contributed by atoms with Gasteiger partial charge < -0.3 is 15.7 Å². The molecule has 0 aliphatic rings. The Hall–Kier alpha value is -3.94. The predicted octanol–water partition coefficient (Wildman–Crippen LogP) is 3.03. The van der Waals surface area contributed by atoms with Crippen molar-refractivity contribution in [2.24, 2.45) is 0 Å². The molecule has 0 heterocycles. The highest BCUT2D eigenvalue weighted by Crippen LogP contribution is 2.29. The Morgan fingerprint density at radius 3 is 2.15 bits per heavy atom. The number of fused-ring (bicyclic) bond motifs is 1. The molecular weight excluding hydrogens is 338 g/mol. The number of nitrogens with zero attached hydrogens (tertiary/aromatic N) is 1. The van der Waals surface area contributed by atoms with Crippen LogP contribution in [-0.4, -0.2) is 21.8 Å². The fourth-order valence-corrected chi connectivity index (χ4v) is 2.44. The van der Waals surface area contributed by atoms with E-state index in [2.05, 4.69) is 10.6 Å². The lowest BCUT2D eigenvalue weighted by Crippen LogP contribution is -2.29. The lowest BCUT2D eigenvalue weighted by molar-refractivity contribution is -0.384. The number of benzene rings is 3. The third-order valence-corrected chi connectivity index (χ3v) is 3.69. The smallest absolute Gasteiger partial charge is 0.314 e. The van der Waals surface area contributed by atoms with Gasteiger partial charge in [-0.2, -0.15) is 0 Å². The Kier molecular flexibility index (Phi) is 4.48. The molecule has 3 aromatic carbocycles. The van der Waals surface area contributed by atoms with Crippen LogP contribution in [0.15, 0.2) is 60.7 Å². The molecule has 0 bridgehead atoms. The van der Waals surface area contributed by atoms with E-state index in [1.54, 1.807) is 30.3 Å². The lowest BCUT2D eigenvalue weighted by atomic mass is 10.1. The van der Waals surface area contributed by atoms with Gasteiger partial charge in [-0.05, 0) is 24.3 Å². The first-order chi connectivity index (χ1) is 12.5. The maximum atomic E-state index is 12.1. The molecule has 2 amide bonds. The summed E-state index contributed by atoms with van der Waals surface area (Å²) in [6.07, 6.45) is 0. The van der Waals surface area contributed by atoms with E-state index in [-0.39, 0.29) is 17.1 Å². The van der Waals surface area contributed by atoms with Crippen LogP contribution >= 0.6 is 0 Å². The lowest BCUT2D eigenvalue weighted by Gasteiger charge is -2.10. The average molecular weight is 351 g/mol. The molecule has 26 heavy (non-hydrogen) atoms. The number of carbonyl (C=O) groups is 2. The van der Waals surface area contributed by atoms with Crippen molar-refractivity contribution >= 4 is 39.6 Å². The molecule has 0 fully saturated rings. The molecule has 130 valence electrons. The number of nitro groups is 1. The quantitative estimate of drug-likeness (QED) is 0.380. The first kappa shape index (κ1) is 16.9. The van der Waals surface area contributed by atoms with Crippen LogP contribution < -0.4 is 10.6 Å². The second-order valence-corrected chi connectivity index (χ2v) is 5.39. The van der Waals surface area contributed by atoms with Crippen molar-refractivity contribution in [2.45, 2.75) is 0 Å². The number of nitro benzene ring substituents is 1. The minimum atomic E-state index is -0.920. The summed E-state index contributed by atoms with van der Waals surface area (Å²) >= 11 is 0. The van der Waals surface area contributed by atoms with Gasteiger partial charge >= 0.3 is 11.8 Å². The van der Waals surface area contributed by atoms with E-state index in [1.807, 2.05) is 0 Å². The Labute approximate surface area is 147 Å². The summed E-state index contributed by atoms with van der Waals surface area (Å²) in [6, 6.07) is 14.9. The van der Waals surface area contributed by atoms with E-state index in [9.17, 15) is 24.8 Å². The molecule has 0 saturated heterocycles. The van der Waals surface area contributed by atoms with Crippen LogP contribution in [0, 0.1) is 10.1 Å². The number of carbonyl (C=O) groups excluding carboxylic acids is 2. The zero-order valence-electron chi connectivity index (χ0n) is 13.3. The Balaban J connectivity index is 1.75. The zero-order valence-corrected chi connectivity index (χ0v) is 13.3. The SMILES string of the molecule is O=C(Nc1ccc([N+](=O)[O-])cc1)C(=O)Nc1cccc2c(O)cccc12. The molecule has 8 heteroatoms. The van der Waals surface area contributed by atoms with Crippen LogP contribution in [0.1, 0.15) is 0 Å². The number of amides is 2. The van der Waals surface area contributed by atoms with Gasteiger partial charge in [0.15, 0.2) is 0 Å². The molecule has 3 aromatic rings. The van der Waals surface area contributed by atoms with Gasteiger partial charge in [-0.25, -0.2) is 0 Å². The molecule has 0 aromatic heterocycles. The Morgan fingerprint density at radius 2 is 1.46 bits per heavy atom. The summed E-state index contributed by atoms with van der Waals surface area (Å²) in [6.45, 7) is 0. The molecule has 0 aliphatic carbocycles. The number of rotatable bonds is 3. The molecule has 8 nitrogen and oxygen atoms in total. The third kappa shape index (κ3) is 3.44. The van der Waals surface area contributed by atoms with Gasteiger partial charge in [0.05, 0.1) is 4.92 Å². The van der Waals surface area contributed by atoms with Crippen molar-refractivity contribution < 1.29 is 19.6 Å². The molecule has 0 spiro atoms. The zero-order chi connectivity index (χ0) is 18.7. The van der Waals surface area contributed by atoms with Crippen LogP contribution in [0.4, 0.5) is 17.1 Å². The summed E-state index contributed by atoms with van der Waals surface area (Å²) in [5, 5.41) is 26.5. The molecular formula is C18H13N3O5. The number of nitrogens with one attached hydrogen (secondary N) is 2. The molecule has 0 unspecified atom stereocenters. The maximum absolute atomic E-state index is 12.1. The second kappa shape index (κ2) is 6.89. The summed E-state index contributed by atoms with van der Waals surface area (Å²) in [5.74, 6) is -1.76. The monoisotopic (exact) mass is 351 g/mol. The van der Waals surface area contributed by atoms with Crippen molar-refractivity contribution in [1.29, 1.82) is 0 Å². The second-order valence-electron chi connectivity index (χ2n) is 5.39. The highest BCUT2D eigenvalue weighted by Gasteiger charge is 2.16. The highest BCUT2D eigenvalue weighted by molar-refractivity contribution is 6.44. The summed E-state index contributed by atoms with van der Waals surface area (Å²) in [5.41, 5.74) is 0.511. The Bertz CT molecular complexity index is 1020. The summed E-state index contributed by atoms with van der Waals surface area (Å²) in [7, 11) is 0. The van der Waals surface area contributed by atoms with Crippen molar-refractivity contribution in [3.05, 3.63) is 70.8 Å². The number of phenolic OH excluding ortho intramolecular Hbond substituents is 1. The van der Waals surface area contributed by atoms with Crippen molar-refractivity contribution in [3.8, 4) is 5.75 Å². The topological polar surface area (TPSA) is 122 Å². The van der Waals surface area contributed by atoms with Gasteiger partial charge in [0.1, 0.15) is 5.75 Å². The fraction of sp³-hybridized carbons (Fsp3) is 0. The number of phenols is 1. The molecule has 0 radical (unpaired) electrons. The maximum Gasteiger partial charge on any atom is 0.314 e. The van der Waals surface area contributed by atoms with Crippen molar-refractivity contribution in [3.63, 3.8) is 0 Å². The third-order valence-electron chi connectivity index (χ3n) is 3.69. The van der Waals surface area contributed by atoms with Gasteiger partial charge in [-0.15, -0.1) is 0 Å². The Morgan fingerprint density at radius 1 is 0.846 bits per heavy atom. The summed E-state index contributed by atoms with van der Waals surface area (Å²) in [4.78, 5) is 34.2. The van der Waals surface area contributed by atoms with Crippen LogP contribution in [-0.2, 0) is 9.59 Å². The molecule has 0 saturated carbocycles. The van der Waals surface area contributed by atoms with E-state index in [0.717, 1.165) is 0 Å². The largest absolute Gasteiger partial charge is 0.507 e. The fourth-order valence-electron chi connectivity index (χ4n) is 2.44. The van der Waals surface area contributed by atoms with Gasteiger partial charge in [0.2, 0.25) is 0 Å². The van der Waals surface area contributed by atoms with E-state index < -0.39 is 16.7 Å². The minimum absolute atomic E-state index is 0.0638. The van der Waals surface area contributed by atoms with E-state index in [4.69, 9.17) is 0 Å². The number of hydrogen-bond donors (Lipinski definition) is 3. The molecule has 3 N–H and O–H groups in total. The highest BCUT2D eigenvalue weighted by atomic mass is 16.6. The molecule has 0 aliphatic heterocycles. The first-order valence-electron chi connectivity index (χ1n) is 7.53. The van der Waals surface area contributed by atoms with Crippen LogP contribution in [0.25, 0.3) is 10.8 Å². The predicted molar refractivity (Wildman–Crippen MR) is 96.0 cm³/mol. The molecule has 3 rings (SSSR count). The van der Waals surface area contributed by atoms with Crippen molar-refractivity contribution in [2.75, 3.05) is 10.6 Å². The first-order valence-corrected chi connectivity index (χ1v) is 7.53. The average Bonchev–Trinajstić information content (AvgIpc) is 2.63. The number of hydrogen-bond acceptors (Lipinski definition) is 5. The number of anilines is 2.